The van der Waals surface area contributed by atoms with Crippen LogP contribution >= 0.6 is 11.6 Å². The molecule has 0 aromatic carbocycles. The van der Waals surface area contributed by atoms with Crippen molar-refractivity contribution in [1.82, 2.24) is 19.7 Å². The molecule has 1 saturated heterocycles. The minimum atomic E-state index is -0.0732. The first-order valence-corrected chi connectivity index (χ1v) is 6.65. The number of aromatic nitrogens is 4. The van der Waals surface area contributed by atoms with Gasteiger partial charge in [0.15, 0.2) is 5.82 Å². The first kappa shape index (κ1) is 13.1. The summed E-state index contributed by atoms with van der Waals surface area (Å²) in [6, 6.07) is 0.0750. The third-order valence-electron chi connectivity index (χ3n) is 3.28. The molecule has 1 fully saturated rings. The van der Waals surface area contributed by atoms with Gasteiger partial charge in [-0.1, -0.05) is 11.6 Å². The normalized spacial score (nSPS) is 22.1. The number of nitrogen functional groups attached to an aromatic ring is 1. The molecule has 3 rings (SSSR count). The predicted molar refractivity (Wildman–Crippen MR) is 75.4 cm³/mol. The molecule has 1 aliphatic heterocycles. The third-order valence-corrected chi connectivity index (χ3v) is 3.66. The van der Waals surface area contributed by atoms with E-state index in [9.17, 15) is 0 Å². The third kappa shape index (κ3) is 2.41. The fourth-order valence-electron chi connectivity index (χ4n) is 2.31. The summed E-state index contributed by atoms with van der Waals surface area (Å²) in [6.45, 7) is 0.676. The minimum absolute atomic E-state index is 0.0732. The van der Waals surface area contributed by atoms with Crippen LogP contribution in [0.2, 0.25) is 5.02 Å². The smallest absolute Gasteiger partial charge is 0.150 e. The Labute approximate surface area is 121 Å². The number of anilines is 2. The summed E-state index contributed by atoms with van der Waals surface area (Å²) in [5.74, 6) is 0.796. The minimum Gasteiger partial charge on any atom is -0.382 e. The summed E-state index contributed by atoms with van der Waals surface area (Å²) in [5, 5.41) is 7.79. The van der Waals surface area contributed by atoms with Crippen LogP contribution in [0.15, 0.2) is 18.7 Å². The molecule has 0 spiro atoms. The molecule has 8 heteroatoms. The van der Waals surface area contributed by atoms with Crippen molar-refractivity contribution in [3.05, 3.63) is 29.3 Å². The molecule has 2 aromatic heterocycles. The summed E-state index contributed by atoms with van der Waals surface area (Å²) in [5.41, 5.74) is 6.70. The standard InChI is InChI=1S/C12H15ClN6O/c1-19-5-7(4-17-19)10-8(2-3-20-10)18-12-9(13)11(14)15-6-16-12/h4-6,8,10H,2-3H2,1H3,(H3,14,15,16,18)/t8-,10+/m0/s1. The van der Waals surface area contributed by atoms with Crippen molar-refractivity contribution >= 4 is 23.2 Å². The van der Waals surface area contributed by atoms with Gasteiger partial charge < -0.3 is 15.8 Å². The molecule has 20 heavy (non-hydrogen) atoms. The highest BCUT2D eigenvalue weighted by Gasteiger charge is 2.31. The van der Waals surface area contributed by atoms with Gasteiger partial charge in [-0.15, -0.1) is 0 Å². The van der Waals surface area contributed by atoms with E-state index in [0.717, 1.165) is 12.0 Å². The zero-order valence-electron chi connectivity index (χ0n) is 11.0. The summed E-state index contributed by atoms with van der Waals surface area (Å²) in [4.78, 5) is 7.97. The average molecular weight is 295 g/mol. The lowest BCUT2D eigenvalue weighted by atomic mass is 10.1. The Balaban J connectivity index is 1.81. The number of hydrogen-bond acceptors (Lipinski definition) is 6. The van der Waals surface area contributed by atoms with Gasteiger partial charge in [0.2, 0.25) is 0 Å². The summed E-state index contributed by atoms with van der Waals surface area (Å²) >= 11 is 6.10. The Kier molecular flexibility index (Phi) is 3.45. The monoisotopic (exact) mass is 294 g/mol. The van der Waals surface area contributed by atoms with Crippen LogP contribution in [0.25, 0.3) is 0 Å². The van der Waals surface area contributed by atoms with Crippen molar-refractivity contribution in [3.8, 4) is 0 Å². The molecule has 3 heterocycles. The van der Waals surface area contributed by atoms with E-state index >= 15 is 0 Å². The summed E-state index contributed by atoms with van der Waals surface area (Å²) in [6.07, 6.45) is 5.93. The quantitative estimate of drug-likeness (QED) is 0.889. The molecule has 2 atom stereocenters. The molecule has 1 aliphatic rings. The number of nitrogens with zero attached hydrogens (tertiary/aromatic N) is 4. The Morgan fingerprint density at radius 3 is 3.10 bits per heavy atom. The second kappa shape index (κ2) is 5.26. The molecule has 3 N–H and O–H groups in total. The molecule has 106 valence electrons. The van der Waals surface area contributed by atoms with Crippen molar-refractivity contribution in [3.63, 3.8) is 0 Å². The fraction of sp³-hybridized carbons (Fsp3) is 0.417. The van der Waals surface area contributed by atoms with Gasteiger partial charge in [0.25, 0.3) is 0 Å². The lowest BCUT2D eigenvalue weighted by molar-refractivity contribution is 0.107. The van der Waals surface area contributed by atoms with E-state index in [1.807, 2.05) is 13.2 Å². The maximum atomic E-state index is 6.10. The second-order valence-corrected chi connectivity index (χ2v) is 5.08. The zero-order valence-corrected chi connectivity index (χ0v) is 11.7. The molecule has 0 saturated carbocycles. The predicted octanol–water partition coefficient (Wildman–Crippen LogP) is 1.39. The van der Waals surface area contributed by atoms with Crippen molar-refractivity contribution in [1.29, 1.82) is 0 Å². The highest BCUT2D eigenvalue weighted by atomic mass is 35.5. The molecule has 7 nitrogen and oxygen atoms in total. The Hall–Kier alpha value is -1.86. The first-order valence-electron chi connectivity index (χ1n) is 6.28. The molecule has 0 amide bonds. The van der Waals surface area contributed by atoms with E-state index in [1.165, 1.54) is 6.33 Å². The number of halogens is 1. The first-order chi connectivity index (χ1) is 9.65. The molecule has 0 aliphatic carbocycles. The zero-order chi connectivity index (χ0) is 14.1. The van der Waals surface area contributed by atoms with E-state index in [0.29, 0.717) is 17.4 Å². The van der Waals surface area contributed by atoms with E-state index in [-0.39, 0.29) is 18.0 Å². The van der Waals surface area contributed by atoms with E-state index in [1.54, 1.807) is 10.9 Å². The van der Waals surface area contributed by atoms with Gasteiger partial charge in [0.1, 0.15) is 23.3 Å². The van der Waals surface area contributed by atoms with Crippen molar-refractivity contribution < 1.29 is 4.74 Å². The molecule has 2 aromatic rings. The van der Waals surface area contributed by atoms with Crippen LogP contribution in [-0.2, 0) is 11.8 Å². The van der Waals surface area contributed by atoms with Crippen molar-refractivity contribution in [2.24, 2.45) is 7.05 Å². The highest BCUT2D eigenvalue weighted by molar-refractivity contribution is 6.35. The molecule has 0 radical (unpaired) electrons. The number of nitrogens with one attached hydrogen (secondary N) is 1. The lowest BCUT2D eigenvalue weighted by Crippen LogP contribution is -2.24. The SMILES string of the molecule is Cn1cc([C@H]2OCC[C@@H]2Nc2ncnc(N)c2Cl)cn1. The Bertz CT molecular complexity index is 616. The van der Waals surface area contributed by atoms with Crippen LogP contribution in [0.4, 0.5) is 11.6 Å². The van der Waals surface area contributed by atoms with Crippen molar-refractivity contribution in [2.45, 2.75) is 18.6 Å². The Morgan fingerprint density at radius 2 is 2.35 bits per heavy atom. The highest BCUT2D eigenvalue weighted by Crippen LogP contribution is 2.33. The number of aryl methyl sites for hydroxylation is 1. The number of nitrogens with two attached hydrogens (primary N) is 1. The van der Waals surface area contributed by atoms with E-state index in [2.05, 4.69) is 20.4 Å². The van der Waals surface area contributed by atoms with E-state index in [4.69, 9.17) is 22.1 Å². The van der Waals surface area contributed by atoms with Gasteiger partial charge >= 0.3 is 0 Å². The molecule has 0 bridgehead atoms. The van der Waals surface area contributed by atoms with Crippen LogP contribution in [0.1, 0.15) is 18.1 Å². The molecular weight excluding hydrogens is 280 g/mol. The van der Waals surface area contributed by atoms with Crippen LogP contribution in [0.3, 0.4) is 0 Å². The van der Waals surface area contributed by atoms with Crippen LogP contribution in [-0.4, -0.2) is 32.4 Å². The number of hydrogen-bond donors (Lipinski definition) is 2. The van der Waals surface area contributed by atoms with Crippen molar-refractivity contribution in [2.75, 3.05) is 17.7 Å². The number of rotatable bonds is 3. The van der Waals surface area contributed by atoms with Gasteiger partial charge in [-0.05, 0) is 6.42 Å². The van der Waals surface area contributed by atoms with Crippen LogP contribution < -0.4 is 11.1 Å². The van der Waals surface area contributed by atoms with Gasteiger partial charge in [-0.2, -0.15) is 5.10 Å². The molecule has 0 unspecified atom stereocenters. The van der Waals surface area contributed by atoms with Gasteiger partial charge in [0, 0.05) is 25.4 Å². The van der Waals surface area contributed by atoms with Crippen LogP contribution in [0, 0.1) is 0 Å². The fourth-order valence-corrected chi connectivity index (χ4v) is 2.46. The average Bonchev–Trinajstić information content (AvgIpc) is 3.03. The second-order valence-electron chi connectivity index (χ2n) is 4.70. The van der Waals surface area contributed by atoms with Gasteiger partial charge in [-0.3, -0.25) is 4.68 Å². The summed E-state index contributed by atoms with van der Waals surface area (Å²) in [7, 11) is 1.88. The summed E-state index contributed by atoms with van der Waals surface area (Å²) < 4.78 is 7.53. The van der Waals surface area contributed by atoms with Gasteiger partial charge in [-0.25, -0.2) is 9.97 Å². The van der Waals surface area contributed by atoms with Gasteiger partial charge in [0.05, 0.1) is 12.2 Å². The largest absolute Gasteiger partial charge is 0.382 e. The van der Waals surface area contributed by atoms with E-state index < -0.39 is 0 Å². The molecular formula is C12H15ClN6O. The topological polar surface area (TPSA) is 90.9 Å². The Morgan fingerprint density at radius 1 is 1.50 bits per heavy atom. The maximum absolute atomic E-state index is 6.10. The van der Waals surface area contributed by atoms with Crippen LogP contribution in [0.5, 0.6) is 0 Å². The number of ether oxygens (including phenoxy) is 1. The lowest BCUT2D eigenvalue weighted by Gasteiger charge is -2.20. The maximum Gasteiger partial charge on any atom is 0.150 e.